The first-order valence-electron chi connectivity index (χ1n) is 8.30. The van der Waals surface area contributed by atoms with Gasteiger partial charge in [0.25, 0.3) is 0 Å². The van der Waals surface area contributed by atoms with Gasteiger partial charge in [0.05, 0.1) is 37.8 Å². The van der Waals surface area contributed by atoms with Crippen LogP contribution in [-0.4, -0.2) is 38.5 Å². The van der Waals surface area contributed by atoms with E-state index in [0.717, 1.165) is 5.56 Å². The maximum absolute atomic E-state index is 12.6. The van der Waals surface area contributed by atoms with E-state index >= 15 is 0 Å². The molecule has 0 unspecified atom stereocenters. The Bertz CT molecular complexity index is 794. The highest BCUT2D eigenvalue weighted by atomic mass is 32.2. The molecule has 7 heteroatoms. The van der Waals surface area contributed by atoms with Crippen molar-refractivity contribution in [1.82, 2.24) is 0 Å². The van der Waals surface area contributed by atoms with Crippen LogP contribution in [0.15, 0.2) is 42.5 Å². The van der Waals surface area contributed by atoms with E-state index < -0.39 is 5.97 Å². The Labute approximate surface area is 163 Å². The number of thioether (sulfide) groups is 1. The van der Waals surface area contributed by atoms with Crippen molar-refractivity contribution >= 4 is 29.3 Å². The van der Waals surface area contributed by atoms with Crippen molar-refractivity contribution in [3.63, 3.8) is 0 Å². The van der Waals surface area contributed by atoms with Crippen molar-refractivity contribution in [3.8, 4) is 11.5 Å². The Morgan fingerprint density at radius 2 is 1.67 bits per heavy atom. The molecule has 144 valence electrons. The van der Waals surface area contributed by atoms with Crippen molar-refractivity contribution in [2.45, 2.75) is 17.9 Å². The average Bonchev–Trinajstić information content (AvgIpc) is 2.71. The summed E-state index contributed by atoms with van der Waals surface area (Å²) in [6.45, 7) is 1.82. The van der Waals surface area contributed by atoms with E-state index in [1.165, 1.54) is 39.2 Å². The lowest BCUT2D eigenvalue weighted by molar-refractivity contribution is -0.115. The number of nitrogens with one attached hydrogen (secondary N) is 1. The van der Waals surface area contributed by atoms with Crippen LogP contribution < -0.4 is 14.8 Å². The minimum Gasteiger partial charge on any atom is -0.493 e. The second-order valence-electron chi connectivity index (χ2n) is 5.67. The fraction of sp³-hybridized carbons (Fsp3) is 0.300. The molecule has 0 bridgehead atoms. The molecule has 27 heavy (non-hydrogen) atoms. The van der Waals surface area contributed by atoms with Gasteiger partial charge < -0.3 is 19.5 Å². The van der Waals surface area contributed by atoms with Crippen LogP contribution in [0.1, 0.15) is 22.8 Å². The second kappa shape index (κ2) is 9.87. The van der Waals surface area contributed by atoms with Crippen LogP contribution in [-0.2, 0) is 15.3 Å². The maximum Gasteiger partial charge on any atom is 0.340 e. The normalized spacial score (nSPS) is 11.4. The molecule has 0 aliphatic rings. The standard InChI is InChI=1S/C20H23NO5S/c1-13(27-12-14-8-6-5-7-9-14)19(22)21-16-11-18(25-3)17(24-2)10-15(16)20(23)26-4/h5-11,13H,12H2,1-4H3,(H,21,22)/t13-/m0/s1. The summed E-state index contributed by atoms with van der Waals surface area (Å²) in [5.74, 6) is 0.710. The van der Waals surface area contributed by atoms with Crippen molar-refractivity contribution in [2.75, 3.05) is 26.6 Å². The summed E-state index contributed by atoms with van der Waals surface area (Å²) in [5.41, 5.74) is 1.66. The monoisotopic (exact) mass is 389 g/mol. The molecule has 0 radical (unpaired) electrons. The quantitative estimate of drug-likeness (QED) is 0.693. The third-order valence-corrected chi connectivity index (χ3v) is 5.11. The number of methoxy groups -OCH3 is 3. The predicted molar refractivity (Wildman–Crippen MR) is 107 cm³/mol. The van der Waals surface area contributed by atoms with Gasteiger partial charge in [0.1, 0.15) is 0 Å². The first-order chi connectivity index (χ1) is 13.0. The predicted octanol–water partition coefficient (Wildman–Crippen LogP) is 3.75. The topological polar surface area (TPSA) is 73.9 Å². The number of benzene rings is 2. The van der Waals surface area contributed by atoms with Crippen molar-refractivity contribution in [1.29, 1.82) is 0 Å². The first kappa shape index (κ1) is 20.6. The van der Waals surface area contributed by atoms with Gasteiger partial charge in [-0.25, -0.2) is 4.79 Å². The molecule has 0 fully saturated rings. The molecule has 0 saturated heterocycles. The number of carbonyl (C=O) groups excluding carboxylic acids is 2. The van der Waals surface area contributed by atoms with Gasteiger partial charge in [0.2, 0.25) is 5.91 Å². The molecule has 0 heterocycles. The Hall–Kier alpha value is -2.67. The van der Waals surface area contributed by atoms with Gasteiger partial charge in [-0.3, -0.25) is 4.79 Å². The van der Waals surface area contributed by atoms with Crippen LogP contribution in [0.25, 0.3) is 0 Å². The largest absolute Gasteiger partial charge is 0.493 e. The summed E-state index contributed by atoms with van der Waals surface area (Å²) in [5, 5.41) is 2.48. The lowest BCUT2D eigenvalue weighted by Crippen LogP contribution is -2.24. The minimum absolute atomic E-state index is 0.198. The SMILES string of the molecule is COC(=O)c1cc(OC)c(OC)cc1NC(=O)[C@H](C)SCc1ccccc1. The van der Waals surface area contributed by atoms with Crippen molar-refractivity contribution in [2.24, 2.45) is 0 Å². The molecule has 0 saturated carbocycles. The molecule has 2 rings (SSSR count). The summed E-state index contributed by atoms with van der Waals surface area (Å²) < 4.78 is 15.3. The second-order valence-corrected chi connectivity index (χ2v) is 7.00. The van der Waals surface area contributed by atoms with E-state index in [4.69, 9.17) is 14.2 Å². The van der Waals surface area contributed by atoms with Gasteiger partial charge in [0, 0.05) is 17.9 Å². The third-order valence-electron chi connectivity index (χ3n) is 3.90. The minimum atomic E-state index is -0.573. The maximum atomic E-state index is 12.6. The molecular weight excluding hydrogens is 366 g/mol. The van der Waals surface area contributed by atoms with Crippen LogP contribution in [0.3, 0.4) is 0 Å². The van der Waals surface area contributed by atoms with Crippen LogP contribution >= 0.6 is 11.8 Å². The Morgan fingerprint density at radius 1 is 1.04 bits per heavy atom. The lowest BCUT2D eigenvalue weighted by atomic mass is 10.1. The smallest absolute Gasteiger partial charge is 0.340 e. The number of esters is 1. The Balaban J connectivity index is 2.16. The number of hydrogen-bond acceptors (Lipinski definition) is 6. The van der Waals surface area contributed by atoms with Gasteiger partial charge in [-0.15, -0.1) is 11.8 Å². The van der Waals surface area contributed by atoms with E-state index in [1.807, 2.05) is 37.3 Å². The summed E-state index contributed by atoms with van der Waals surface area (Å²) in [6.07, 6.45) is 0. The molecule has 0 aliphatic carbocycles. The summed E-state index contributed by atoms with van der Waals surface area (Å²) in [6, 6.07) is 13.0. The average molecular weight is 389 g/mol. The summed E-state index contributed by atoms with van der Waals surface area (Å²) >= 11 is 1.51. The van der Waals surface area contributed by atoms with E-state index in [2.05, 4.69) is 5.32 Å². The third kappa shape index (κ3) is 5.40. The number of hydrogen-bond donors (Lipinski definition) is 1. The molecule has 1 atom stereocenters. The zero-order valence-electron chi connectivity index (χ0n) is 15.8. The Morgan fingerprint density at radius 3 is 2.26 bits per heavy atom. The molecular formula is C20H23NO5S. The molecule has 2 aromatic rings. The molecule has 1 amide bonds. The number of rotatable bonds is 8. The highest BCUT2D eigenvalue weighted by Crippen LogP contribution is 2.34. The molecule has 1 N–H and O–H groups in total. The number of anilines is 1. The van der Waals surface area contributed by atoms with Gasteiger partial charge in [-0.1, -0.05) is 30.3 Å². The summed E-state index contributed by atoms with van der Waals surface area (Å²) in [4.78, 5) is 24.7. The van der Waals surface area contributed by atoms with E-state index in [-0.39, 0.29) is 16.7 Å². The highest BCUT2D eigenvalue weighted by molar-refractivity contribution is 7.99. The van der Waals surface area contributed by atoms with Crippen LogP contribution in [0.4, 0.5) is 5.69 Å². The number of carbonyl (C=O) groups is 2. The van der Waals surface area contributed by atoms with Gasteiger partial charge in [-0.05, 0) is 12.5 Å². The van der Waals surface area contributed by atoms with Crippen LogP contribution in [0, 0.1) is 0 Å². The van der Waals surface area contributed by atoms with E-state index in [0.29, 0.717) is 22.9 Å². The fourth-order valence-corrected chi connectivity index (χ4v) is 3.21. The lowest BCUT2D eigenvalue weighted by Gasteiger charge is -2.16. The van der Waals surface area contributed by atoms with Gasteiger partial charge >= 0.3 is 5.97 Å². The fourth-order valence-electron chi connectivity index (χ4n) is 2.37. The molecule has 0 aliphatic heterocycles. The molecule has 6 nitrogen and oxygen atoms in total. The number of amides is 1. The van der Waals surface area contributed by atoms with E-state index in [1.54, 1.807) is 6.07 Å². The van der Waals surface area contributed by atoms with Gasteiger partial charge in [0.15, 0.2) is 11.5 Å². The van der Waals surface area contributed by atoms with Crippen LogP contribution in [0.5, 0.6) is 11.5 Å². The highest BCUT2D eigenvalue weighted by Gasteiger charge is 2.21. The Kier molecular flexibility index (Phi) is 7.55. The molecule has 2 aromatic carbocycles. The van der Waals surface area contributed by atoms with Crippen LogP contribution in [0.2, 0.25) is 0 Å². The van der Waals surface area contributed by atoms with Gasteiger partial charge in [-0.2, -0.15) is 0 Å². The molecule has 0 spiro atoms. The first-order valence-corrected chi connectivity index (χ1v) is 9.35. The zero-order valence-corrected chi connectivity index (χ0v) is 16.6. The number of ether oxygens (including phenoxy) is 3. The van der Waals surface area contributed by atoms with E-state index in [9.17, 15) is 9.59 Å². The van der Waals surface area contributed by atoms with Crippen molar-refractivity contribution < 1.29 is 23.8 Å². The van der Waals surface area contributed by atoms with Crippen molar-refractivity contribution in [3.05, 3.63) is 53.6 Å². The summed E-state index contributed by atoms with van der Waals surface area (Å²) in [7, 11) is 4.24. The molecule has 0 aromatic heterocycles. The zero-order chi connectivity index (χ0) is 19.8.